The van der Waals surface area contributed by atoms with Gasteiger partial charge >= 0.3 is 5.69 Å². The number of aromatic nitrogens is 2. The minimum Gasteiger partial charge on any atom is -0.261 e. The van der Waals surface area contributed by atoms with Gasteiger partial charge in [0.15, 0.2) is 0 Å². The van der Waals surface area contributed by atoms with E-state index in [0.29, 0.717) is 15.7 Å². The van der Waals surface area contributed by atoms with Crippen molar-refractivity contribution in [3.8, 4) is 11.4 Å². The van der Waals surface area contributed by atoms with Crippen LogP contribution >= 0.6 is 11.6 Å². The van der Waals surface area contributed by atoms with Gasteiger partial charge in [0.1, 0.15) is 0 Å². The van der Waals surface area contributed by atoms with E-state index < -0.39 is 0 Å². The molecule has 0 radical (unpaired) electrons. The van der Waals surface area contributed by atoms with Crippen LogP contribution in [0.5, 0.6) is 0 Å². The summed E-state index contributed by atoms with van der Waals surface area (Å²) in [6, 6.07) is 14.8. The summed E-state index contributed by atoms with van der Waals surface area (Å²) < 4.78 is 3.11. The van der Waals surface area contributed by atoms with Crippen LogP contribution in [0.3, 0.4) is 0 Å². The summed E-state index contributed by atoms with van der Waals surface area (Å²) in [5, 5.41) is 1.76. The summed E-state index contributed by atoms with van der Waals surface area (Å²) in [4.78, 5) is 12.8. The number of nitrogens with zero attached hydrogens (tertiary/aromatic N) is 2. The van der Waals surface area contributed by atoms with E-state index in [2.05, 4.69) is 13.2 Å². The van der Waals surface area contributed by atoms with Crippen LogP contribution in [0.1, 0.15) is 5.56 Å². The molecule has 0 aliphatic rings. The van der Waals surface area contributed by atoms with Crippen LogP contribution in [0, 0.1) is 6.92 Å². The molecule has 0 amide bonds. The van der Waals surface area contributed by atoms with E-state index in [9.17, 15) is 4.79 Å². The molecule has 0 saturated carbocycles. The molecule has 3 nitrogen and oxygen atoms in total. The van der Waals surface area contributed by atoms with E-state index in [1.54, 1.807) is 33.4 Å². The van der Waals surface area contributed by atoms with Crippen LogP contribution in [-0.2, 0) is 0 Å². The van der Waals surface area contributed by atoms with Crippen LogP contribution < -0.4 is 16.4 Å². The van der Waals surface area contributed by atoms with Crippen molar-refractivity contribution in [2.75, 3.05) is 0 Å². The highest BCUT2D eigenvalue weighted by Gasteiger charge is 2.11. The Balaban J connectivity index is 2.28. The molecule has 4 heteroatoms. The summed E-state index contributed by atoms with van der Waals surface area (Å²) in [6.07, 6.45) is 0. The van der Waals surface area contributed by atoms with Crippen LogP contribution in [0.2, 0.25) is 5.02 Å². The SMILES string of the molecule is C=c1c(=C)n(-c2ccc(Cl)cc2)c(=O)n1-c1ccc(C)cc1. The number of halogens is 1. The van der Waals surface area contributed by atoms with Crippen molar-refractivity contribution >= 4 is 24.8 Å². The molecular weight excluding hydrogens is 296 g/mol. The molecule has 0 aliphatic heterocycles. The molecular formula is C18H15ClN2O. The van der Waals surface area contributed by atoms with Gasteiger partial charge in [-0.2, -0.15) is 0 Å². The molecule has 0 saturated heterocycles. The maximum absolute atomic E-state index is 12.8. The van der Waals surface area contributed by atoms with E-state index >= 15 is 0 Å². The fraction of sp³-hybridized carbons (Fsp3) is 0.0556. The lowest BCUT2D eigenvalue weighted by atomic mass is 10.2. The number of imidazole rings is 1. The lowest BCUT2D eigenvalue weighted by Crippen LogP contribution is -2.29. The van der Waals surface area contributed by atoms with Crippen LogP contribution in [-0.4, -0.2) is 9.13 Å². The molecule has 0 N–H and O–H groups in total. The number of hydrogen-bond acceptors (Lipinski definition) is 1. The Morgan fingerprint density at radius 2 is 1.23 bits per heavy atom. The van der Waals surface area contributed by atoms with E-state index in [0.717, 1.165) is 16.9 Å². The Morgan fingerprint density at radius 1 is 0.818 bits per heavy atom. The molecule has 0 fully saturated rings. The van der Waals surface area contributed by atoms with Crippen LogP contribution in [0.25, 0.3) is 24.5 Å². The Kier molecular flexibility index (Phi) is 3.51. The summed E-state index contributed by atoms with van der Waals surface area (Å²) in [6.45, 7) is 9.99. The molecule has 110 valence electrons. The first kappa shape index (κ1) is 14.4. The number of aryl methyl sites for hydroxylation is 1. The molecule has 0 aliphatic carbocycles. The molecule has 0 bridgehead atoms. The lowest BCUT2D eigenvalue weighted by molar-refractivity contribution is 0.893. The first-order valence-electron chi connectivity index (χ1n) is 6.83. The second-order valence-electron chi connectivity index (χ2n) is 5.16. The fourth-order valence-corrected chi connectivity index (χ4v) is 2.53. The maximum atomic E-state index is 12.8. The van der Waals surface area contributed by atoms with E-state index in [1.807, 2.05) is 31.2 Å². The highest BCUT2D eigenvalue weighted by atomic mass is 35.5. The predicted molar refractivity (Wildman–Crippen MR) is 91.4 cm³/mol. The van der Waals surface area contributed by atoms with E-state index in [4.69, 9.17) is 11.6 Å². The summed E-state index contributed by atoms with van der Waals surface area (Å²) in [5.74, 6) is 0. The topological polar surface area (TPSA) is 26.9 Å². The zero-order valence-corrected chi connectivity index (χ0v) is 13.0. The molecule has 2 aromatic carbocycles. The smallest absolute Gasteiger partial charge is 0.261 e. The fourth-order valence-electron chi connectivity index (χ4n) is 2.41. The molecule has 3 rings (SSSR count). The second kappa shape index (κ2) is 5.35. The third-order valence-corrected chi connectivity index (χ3v) is 3.88. The van der Waals surface area contributed by atoms with Crippen molar-refractivity contribution in [1.29, 1.82) is 0 Å². The number of hydrogen-bond donors (Lipinski definition) is 0. The van der Waals surface area contributed by atoms with Gasteiger partial charge in [-0.05, 0) is 43.3 Å². The summed E-state index contributed by atoms with van der Waals surface area (Å²) in [7, 11) is 0. The third kappa shape index (κ3) is 2.30. The van der Waals surface area contributed by atoms with Gasteiger partial charge in [-0.3, -0.25) is 9.13 Å². The minimum absolute atomic E-state index is 0.193. The molecule has 22 heavy (non-hydrogen) atoms. The standard InChI is InChI=1S/C18H15ClN2O/c1-12-4-8-16(9-5-12)20-13(2)14(3)21(18(20)22)17-10-6-15(19)7-11-17/h4-11H,2-3H2,1H3. The van der Waals surface area contributed by atoms with Gasteiger partial charge in [-0.15, -0.1) is 0 Å². The summed E-state index contributed by atoms with van der Waals surface area (Å²) >= 11 is 5.91. The second-order valence-corrected chi connectivity index (χ2v) is 5.60. The zero-order chi connectivity index (χ0) is 15.9. The van der Waals surface area contributed by atoms with Crippen molar-refractivity contribution in [2.24, 2.45) is 0 Å². The van der Waals surface area contributed by atoms with Crippen LogP contribution in [0.15, 0.2) is 53.3 Å². The quantitative estimate of drug-likeness (QED) is 0.714. The largest absolute Gasteiger partial charge is 0.338 e. The van der Waals surface area contributed by atoms with Gasteiger partial charge < -0.3 is 0 Å². The molecule has 0 unspecified atom stereocenters. The summed E-state index contributed by atoms with van der Waals surface area (Å²) in [5.41, 5.74) is 2.43. The first-order chi connectivity index (χ1) is 10.5. The number of rotatable bonds is 2. The van der Waals surface area contributed by atoms with Crippen molar-refractivity contribution < 1.29 is 0 Å². The van der Waals surface area contributed by atoms with Crippen molar-refractivity contribution in [3.05, 3.63) is 80.3 Å². The Morgan fingerprint density at radius 3 is 1.68 bits per heavy atom. The lowest BCUT2D eigenvalue weighted by Gasteiger charge is -2.03. The van der Waals surface area contributed by atoms with Gasteiger partial charge in [0, 0.05) is 5.02 Å². The van der Waals surface area contributed by atoms with Crippen LogP contribution in [0.4, 0.5) is 0 Å². The normalized spacial score (nSPS) is 10.8. The molecule has 1 heterocycles. The Hall–Kier alpha value is -2.52. The predicted octanol–water partition coefficient (Wildman–Crippen LogP) is 2.41. The molecule has 0 spiro atoms. The van der Waals surface area contributed by atoms with Gasteiger partial charge in [-0.1, -0.05) is 42.5 Å². The molecule has 1 aromatic heterocycles. The third-order valence-electron chi connectivity index (χ3n) is 3.63. The van der Waals surface area contributed by atoms with Gasteiger partial charge in [-0.25, -0.2) is 4.79 Å². The van der Waals surface area contributed by atoms with Gasteiger partial charge in [0.25, 0.3) is 0 Å². The van der Waals surface area contributed by atoms with Crippen molar-refractivity contribution in [2.45, 2.75) is 6.92 Å². The van der Waals surface area contributed by atoms with E-state index in [1.165, 1.54) is 0 Å². The van der Waals surface area contributed by atoms with Gasteiger partial charge in [0.05, 0.1) is 22.1 Å². The average molecular weight is 311 g/mol. The monoisotopic (exact) mass is 310 g/mol. The van der Waals surface area contributed by atoms with Gasteiger partial charge in [0.2, 0.25) is 0 Å². The van der Waals surface area contributed by atoms with E-state index in [-0.39, 0.29) is 5.69 Å². The maximum Gasteiger partial charge on any atom is 0.338 e. The van der Waals surface area contributed by atoms with Crippen molar-refractivity contribution in [1.82, 2.24) is 9.13 Å². The minimum atomic E-state index is -0.193. The highest BCUT2D eigenvalue weighted by Crippen LogP contribution is 2.11. The highest BCUT2D eigenvalue weighted by molar-refractivity contribution is 6.30. The molecule has 0 atom stereocenters. The number of benzene rings is 2. The Bertz CT molecular complexity index is 900. The molecule has 3 aromatic rings. The van der Waals surface area contributed by atoms with Crippen molar-refractivity contribution in [3.63, 3.8) is 0 Å². The Labute approximate surface area is 133 Å². The zero-order valence-electron chi connectivity index (χ0n) is 12.2. The first-order valence-corrected chi connectivity index (χ1v) is 7.21. The average Bonchev–Trinajstić information content (AvgIpc) is 2.72.